The van der Waals surface area contributed by atoms with E-state index in [9.17, 15) is 0 Å². The molecule has 0 spiro atoms. The highest BCUT2D eigenvalue weighted by atomic mass is 16.5. The molecule has 0 N–H and O–H groups in total. The van der Waals surface area contributed by atoms with E-state index in [1.807, 2.05) is 36.4 Å². The van der Waals surface area contributed by atoms with Gasteiger partial charge in [0.15, 0.2) is 0 Å². The number of hydrogen-bond acceptors (Lipinski definition) is 4. The molecule has 0 aliphatic heterocycles. The number of hydrogen-bond donors (Lipinski definition) is 0. The zero-order chi connectivity index (χ0) is 17.5. The van der Waals surface area contributed by atoms with Crippen molar-refractivity contribution in [3.63, 3.8) is 0 Å². The van der Waals surface area contributed by atoms with Gasteiger partial charge in [-0.3, -0.25) is 4.90 Å². The summed E-state index contributed by atoms with van der Waals surface area (Å²) in [5.41, 5.74) is 1.34. The monoisotopic (exact) mass is 341 g/mol. The minimum absolute atomic E-state index is 0.734. The molecule has 134 valence electrons. The van der Waals surface area contributed by atoms with Crippen LogP contribution in [0.4, 0.5) is 0 Å². The highest BCUT2D eigenvalue weighted by Crippen LogP contribution is 2.28. The molecule has 1 saturated carbocycles. The normalized spacial score (nSPS) is 13.7. The second-order valence-electron chi connectivity index (χ2n) is 6.43. The Balaban J connectivity index is 1.43. The van der Waals surface area contributed by atoms with E-state index >= 15 is 0 Å². The molecule has 0 atom stereocenters. The van der Waals surface area contributed by atoms with Crippen LogP contribution in [0.2, 0.25) is 0 Å². The minimum atomic E-state index is 0.734. The quantitative estimate of drug-likeness (QED) is 0.608. The molecule has 4 heteroatoms. The van der Waals surface area contributed by atoms with Crippen LogP contribution in [0.3, 0.4) is 0 Å². The van der Waals surface area contributed by atoms with Crippen molar-refractivity contribution in [3.8, 4) is 17.2 Å². The van der Waals surface area contributed by atoms with Crippen LogP contribution >= 0.6 is 0 Å². The Morgan fingerprint density at radius 1 is 0.840 bits per heavy atom. The minimum Gasteiger partial charge on any atom is -0.497 e. The maximum absolute atomic E-state index is 5.84. The van der Waals surface area contributed by atoms with Gasteiger partial charge in [-0.25, -0.2) is 0 Å². The van der Waals surface area contributed by atoms with Crippen LogP contribution in [0.15, 0.2) is 48.5 Å². The molecule has 2 aromatic carbocycles. The molecule has 3 rings (SSSR count). The number of ether oxygens (including phenoxy) is 3. The Morgan fingerprint density at radius 3 is 1.96 bits per heavy atom. The van der Waals surface area contributed by atoms with E-state index in [-0.39, 0.29) is 0 Å². The van der Waals surface area contributed by atoms with E-state index in [0.717, 1.165) is 49.4 Å². The lowest BCUT2D eigenvalue weighted by Crippen LogP contribution is -2.27. The molecule has 0 aromatic heterocycles. The smallest absolute Gasteiger partial charge is 0.119 e. The lowest BCUT2D eigenvalue weighted by atomic mass is 10.2. The van der Waals surface area contributed by atoms with Crippen molar-refractivity contribution in [1.82, 2.24) is 4.90 Å². The first-order valence-electron chi connectivity index (χ1n) is 8.92. The summed E-state index contributed by atoms with van der Waals surface area (Å²) in [5.74, 6) is 2.66. The van der Waals surface area contributed by atoms with Gasteiger partial charge in [0.1, 0.15) is 17.2 Å². The summed E-state index contributed by atoms with van der Waals surface area (Å²) in [5, 5.41) is 0. The third-order valence-corrected chi connectivity index (χ3v) is 4.53. The molecule has 4 nitrogen and oxygen atoms in total. The number of benzene rings is 2. The van der Waals surface area contributed by atoms with Gasteiger partial charge in [-0.05, 0) is 61.2 Å². The maximum Gasteiger partial charge on any atom is 0.119 e. The zero-order valence-corrected chi connectivity index (χ0v) is 15.1. The number of nitrogens with zero attached hydrogens (tertiary/aromatic N) is 1. The van der Waals surface area contributed by atoms with Crippen LogP contribution in [-0.2, 0) is 6.54 Å². The molecule has 25 heavy (non-hydrogen) atoms. The molecule has 0 bridgehead atoms. The van der Waals surface area contributed by atoms with Crippen LogP contribution in [-0.4, -0.2) is 38.3 Å². The molecule has 2 aromatic rings. The Kier molecular flexibility index (Phi) is 6.18. The van der Waals surface area contributed by atoms with Crippen molar-refractivity contribution >= 4 is 0 Å². The maximum atomic E-state index is 5.84. The zero-order valence-electron chi connectivity index (χ0n) is 15.1. The summed E-state index contributed by atoms with van der Waals surface area (Å²) >= 11 is 0. The summed E-state index contributed by atoms with van der Waals surface area (Å²) in [7, 11) is 3.37. The fourth-order valence-electron chi connectivity index (χ4n) is 2.93. The summed E-state index contributed by atoms with van der Waals surface area (Å²) < 4.78 is 16.2. The highest BCUT2D eigenvalue weighted by Gasteiger charge is 2.28. The molecule has 0 radical (unpaired) electrons. The Bertz CT molecular complexity index is 635. The lowest BCUT2D eigenvalue weighted by Gasteiger charge is -2.22. The van der Waals surface area contributed by atoms with Crippen molar-refractivity contribution in [1.29, 1.82) is 0 Å². The molecule has 1 aliphatic carbocycles. The summed E-state index contributed by atoms with van der Waals surface area (Å²) in [6.45, 7) is 2.79. The molecule has 0 unspecified atom stereocenters. The predicted octanol–water partition coefficient (Wildman–Crippen LogP) is 4.14. The van der Waals surface area contributed by atoms with E-state index in [2.05, 4.69) is 17.0 Å². The summed E-state index contributed by atoms with van der Waals surface area (Å²) in [6, 6.07) is 16.9. The van der Waals surface area contributed by atoms with Gasteiger partial charge in [0.2, 0.25) is 0 Å². The summed E-state index contributed by atoms with van der Waals surface area (Å²) in [4.78, 5) is 2.57. The first-order chi connectivity index (χ1) is 12.3. The SMILES string of the molecule is COc1ccc(CN(CCCOc2ccc(OC)cc2)C2CC2)cc1. The van der Waals surface area contributed by atoms with E-state index in [4.69, 9.17) is 14.2 Å². The number of rotatable bonds is 10. The first-order valence-corrected chi connectivity index (χ1v) is 8.92. The van der Waals surface area contributed by atoms with Gasteiger partial charge in [0.05, 0.1) is 20.8 Å². The molecular weight excluding hydrogens is 314 g/mol. The van der Waals surface area contributed by atoms with Crippen LogP contribution in [0.25, 0.3) is 0 Å². The van der Waals surface area contributed by atoms with Crippen molar-refractivity contribution in [2.45, 2.75) is 31.8 Å². The molecule has 0 amide bonds. The second-order valence-corrected chi connectivity index (χ2v) is 6.43. The molecule has 1 aliphatic rings. The van der Waals surface area contributed by atoms with Crippen molar-refractivity contribution in [2.24, 2.45) is 0 Å². The third kappa shape index (κ3) is 5.40. The van der Waals surface area contributed by atoms with Crippen LogP contribution in [0.1, 0.15) is 24.8 Å². The predicted molar refractivity (Wildman–Crippen MR) is 99.5 cm³/mol. The van der Waals surface area contributed by atoms with Crippen LogP contribution in [0, 0.1) is 0 Å². The molecule has 1 fully saturated rings. The summed E-state index contributed by atoms with van der Waals surface area (Å²) in [6.07, 6.45) is 3.66. The highest BCUT2D eigenvalue weighted by molar-refractivity contribution is 5.31. The third-order valence-electron chi connectivity index (χ3n) is 4.53. The average Bonchev–Trinajstić information content (AvgIpc) is 3.50. The molecule has 0 saturated heterocycles. The fraction of sp³-hybridized carbons (Fsp3) is 0.429. The largest absolute Gasteiger partial charge is 0.497 e. The fourth-order valence-corrected chi connectivity index (χ4v) is 2.93. The van der Waals surface area contributed by atoms with E-state index in [1.165, 1.54) is 18.4 Å². The second kappa shape index (κ2) is 8.77. The Hall–Kier alpha value is -2.20. The molecular formula is C21H27NO3. The van der Waals surface area contributed by atoms with Gasteiger partial charge in [0.25, 0.3) is 0 Å². The molecule has 0 heterocycles. The van der Waals surface area contributed by atoms with Crippen molar-refractivity contribution in [2.75, 3.05) is 27.4 Å². The van der Waals surface area contributed by atoms with E-state index in [0.29, 0.717) is 0 Å². The van der Waals surface area contributed by atoms with Gasteiger partial charge >= 0.3 is 0 Å². The Labute approximate surface area is 150 Å². The van der Waals surface area contributed by atoms with Crippen LogP contribution in [0.5, 0.6) is 17.2 Å². The van der Waals surface area contributed by atoms with Crippen LogP contribution < -0.4 is 14.2 Å². The van der Waals surface area contributed by atoms with E-state index in [1.54, 1.807) is 14.2 Å². The van der Waals surface area contributed by atoms with Crippen molar-refractivity contribution in [3.05, 3.63) is 54.1 Å². The van der Waals surface area contributed by atoms with Gasteiger partial charge in [-0.1, -0.05) is 12.1 Å². The van der Waals surface area contributed by atoms with Gasteiger partial charge in [-0.15, -0.1) is 0 Å². The Morgan fingerprint density at radius 2 is 1.40 bits per heavy atom. The topological polar surface area (TPSA) is 30.9 Å². The first kappa shape index (κ1) is 17.6. The van der Waals surface area contributed by atoms with Gasteiger partial charge in [-0.2, -0.15) is 0 Å². The lowest BCUT2D eigenvalue weighted by molar-refractivity contribution is 0.220. The standard InChI is InChI=1S/C21H27NO3/c1-23-19-8-4-17(5-9-19)16-22(18-6-7-18)14-3-15-25-21-12-10-20(24-2)11-13-21/h4-5,8-13,18H,3,6-7,14-16H2,1-2H3. The van der Waals surface area contributed by atoms with Gasteiger partial charge in [0, 0.05) is 19.1 Å². The van der Waals surface area contributed by atoms with E-state index < -0.39 is 0 Å². The van der Waals surface area contributed by atoms with Gasteiger partial charge < -0.3 is 14.2 Å². The average molecular weight is 341 g/mol. The number of methoxy groups -OCH3 is 2. The van der Waals surface area contributed by atoms with Crippen molar-refractivity contribution < 1.29 is 14.2 Å².